The Balaban J connectivity index is 1.38. The molecule has 0 bridgehead atoms. The molecule has 0 aliphatic carbocycles. The number of aromatic nitrogens is 5. The van der Waals surface area contributed by atoms with E-state index in [9.17, 15) is 4.39 Å². The largest absolute Gasteiger partial charge is 0.356 e. The molecule has 156 valence electrons. The van der Waals surface area contributed by atoms with Crippen molar-refractivity contribution in [1.29, 1.82) is 0 Å². The molecule has 0 radical (unpaired) electrons. The molecular formula is C23H21FN6O. The highest BCUT2D eigenvalue weighted by Gasteiger charge is 2.27. The molecule has 7 nitrogen and oxygen atoms in total. The first-order valence-corrected chi connectivity index (χ1v) is 10.3. The van der Waals surface area contributed by atoms with Gasteiger partial charge in [0.2, 0.25) is 11.7 Å². The van der Waals surface area contributed by atoms with Gasteiger partial charge in [-0.15, -0.1) is 0 Å². The normalized spacial score (nSPS) is 16.5. The van der Waals surface area contributed by atoms with Crippen molar-refractivity contribution in [2.45, 2.75) is 25.7 Å². The van der Waals surface area contributed by atoms with Gasteiger partial charge in [-0.3, -0.25) is 4.98 Å². The van der Waals surface area contributed by atoms with Crippen LogP contribution in [0, 0.1) is 12.7 Å². The average molecular weight is 416 g/mol. The summed E-state index contributed by atoms with van der Waals surface area (Å²) in [6.45, 7) is 3.60. The first-order valence-electron chi connectivity index (χ1n) is 10.3. The lowest BCUT2D eigenvalue weighted by Gasteiger charge is -2.32. The lowest BCUT2D eigenvalue weighted by Crippen LogP contribution is -2.35. The van der Waals surface area contributed by atoms with Crippen molar-refractivity contribution in [3.63, 3.8) is 0 Å². The lowest BCUT2D eigenvalue weighted by atomic mass is 9.98. The maximum atomic E-state index is 13.2. The molecule has 5 rings (SSSR count). The number of piperidine rings is 1. The monoisotopic (exact) mass is 416 g/mol. The van der Waals surface area contributed by atoms with Crippen molar-refractivity contribution >= 4 is 5.82 Å². The van der Waals surface area contributed by atoms with Gasteiger partial charge in [-0.1, -0.05) is 5.16 Å². The maximum absolute atomic E-state index is 13.2. The van der Waals surface area contributed by atoms with Gasteiger partial charge in [0.25, 0.3) is 0 Å². The minimum atomic E-state index is -0.291. The minimum Gasteiger partial charge on any atom is -0.356 e. The van der Waals surface area contributed by atoms with Crippen LogP contribution in [0.15, 0.2) is 59.4 Å². The molecule has 4 heterocycles. The molecule has 3 aromatic heterocycles. The Morgan fingerprint density at radius 3 is 2.71 bits per heavy atom. The van der Waals surface area contributed by atoms with Crippen molar-refractivity contribution < 1.29 is 8.91 Å². The smallest absolute Gasteiger partial charge is 0.231 e. The zero-order valence-electron chi connectivity index (χ0n) is 17.1. The summed E-state index contributed by atoms with van der Waals surface area (Å²) >= 11 is 0. The van der Waals surface area contributed by atoms with E-state index in [1.54, 1.807) is 24.5 Å². The van der Waals surface area contributed by atoms with E-state index in [1.807, 2.05) is 25.1 Å². The Morgan fingerprint density at radius 2 is 1.90 bits per heavy atom. The van der Waals surface area contributed by atoms with Crippen LogP contribution in [0.5, 0.6) is 0 Å². The number of benzene rings is 1. The molecular weight excluding hydrogens is 395 g/mol. The molecule has 0 saturated carbocycles. The zero-order valence-corrected chi connectivity index (χ0v) is 17.1. The van der Waals surface area contributed by atoms with Crippen LogP contribution >= 0.6 is 0 Å². The van der Waals surface area contributed by atoms with Crippen molar-refractivity contribution in [2.75, 3.05) is 18.0 Å². The summed E-state index contributed by atoms with van der Waals surface area (Å²) in [5.41, 5.74) is 2.53. The number of aryl methyl sites for hydroxylation is 1. The highest BCUT2D eigenvalue weighted by atomic mass is 19.1. The standard InChI is InChI=1S/C23H21FN6O/c1-15-12-20(27-21(26-15)17-4-2-10-25-13-17)30-11-3-5-18(14-30)23-28-22(29-31-23)16-6-8-19(24)9-7-16/h2,4,6-10,12-13,18H,3,5,11,14H2,1H3. The summed E-state index contributed by atoms with van der Waals surface area (Å²) in [5.74, 6) is 2.44. The van der Waals surface area contributed by atoms with Crippen LogP contribution in [0.1, 0.15) is 30.3 Å². The molecule has 0 amide bonds. The summed E-state index contributed by atoms with van der Waals surface area (Å²) in [6.07, 6.45) is 5.46. The third kappa shape index (κ3) is 4.14. The molecule has 1 aliphatic heterocycles. The number of nitrogens with zero attached hydrogens (tertiary/aromatic N) is 6. The van der Waals surface area contributed by atoms with Crippen LogP contribution in [0.2, 0.25) is 0 Å². The number of hydrogen-bond donors (Lipinski definition) is 0. The fourth-order valence-corrected chi connectivity index (χ4v) is 3.84. The average Bonchev–Trinajstić information content (AvgIpc) is 3.30. The van der Waals surface area contributed by atoms with Gasteiger partial charge in [0.05, 0.1) is 5.92 Å². The molecule has 0 spiro atoms. The van der Waals surface area contributed by atoms with Crippen LogP contribution in [0.3, 0.4) is 0 Å². The van der Waals surface area contributed by atoms with Crippen LogP contribution in [0.25, 0.3) is 22.8 Å². The summed E-state index contributed by atoms with van der Waals surface area (Å²) in [6, 6.07) is 11.9. The van der Waals surface area contributed by atoms with E-state index < -0.39 is 0 Å². The van der Waals surface area contributed by atoms with E-state index in [0.29, 0.717) is 17.5 Å². The quantitative estimate of drug-likeness (QED) is 0.487. The third-order valence-corrected chi connectivity index (χ3v) is 5.40. The van der Waals surface area contributed by atoms with Crippen LogP contribution in [-0.4, -0.2) is 38.2 Å². The molecule has 1 saturated heterocycles. The Bertz CT molecular complexity index is 1180. The molecule has 4 aromatic rings. The zero-order chi connectivity index (χ0) is 21.2. The van der Waals surface area contributed by atoms with Crippen molar-refractivity contribution in [3.05, 3.63) is 72.3 Å². The SMILES string of the molecule is Cc1cc(N2CCCC(c3nc(-c4ccc(F)cc4)no3)C2)nc(-c2cccnc2)n1. The lowest BCUT2D eigenvalue weighted by molar-refractivity contribution is 0.333. The maximum Gasteiger partial charge on any atom is 0.231 e. The summed E-state index contributed by atoms with van der Waals surface area (Å²) < 4.78 is 18.8. The molecule has 1 unspecified atom stereocenters. The molecule has 0 N–H and O–H groups in total. The van der Waals surface area contributed by atoms with Gasteiger partial charge in [-0.25, -0.2) is 14.4 Å². The van der Waals surface area contributed by atoms with Gasteiger partial charge in [0, 0.05) is 48.4 Å². The number of rotatable bonds is 4. The predicted molar refractivity (Wildman–Crippen MR) is 114 cm³/mol. The summed E-state index contributed by atoms with van der Waals surface area (Å²) in [5, 5.41) is 4.10. The molecule has 31 heavy (non-hydrogen) atoms. The summed E-state index contributed by atoms with van der Waals surface area (Å²) in [7, 11) is 0. The number of hydrogen-bond acceptors (Lipinski definition) is 7. The fraction of sp³-hybridized carbons (Fsp3) is 0.261. The van der Waals surface area contributed by atoms with Crippen LogP contribution < -0.4 is 4.90 Å². The van der Waals surface area contributed by atoms with Gasteiger partial charge < -0.3 is 9.42 Å². The van der Waals surface area contributed by atoms with Crippen LogP contribution in [-0.2, 0) is 0 Å². The number of pyridine rings is 1. The van der Waals surface area contributed by atoms with Gasteiger partial charge >= 0.3 is 0 Å². The van der Waals surface area contributed by atoms with E-state index in [4.69, 9.17) is 9.51 Å². The Morgan fingerprint density at radius 1 is 1.03 bits per heavy atom. The highest BCUT2D eigenvalue weighted by molar-refractivity contribution is 5.57. The molecule has 1 atom stereocenters. The van der Waals surface area contributed by atoms with Crippen molar-refractivity contribution in [1.82, 2.24) is 25.1 Å². The first kappa shape index (κ1) is 19.3. The van der Waals surface area contributed by atoms with Gasteiger partial charge in [0.1, 0.15) is 11.6 Å². The molecule has 1 aromatic carbocycles. The number of halogens is 1. The van der Waals surface area contributed by atoms with E-state index in [2.05, 4.69) is 25.0 Å². The topological polar surface area (TPSA) is 80.8 Å². The predicted octanol–water partition coefficient (Wildman–Crippen LogP) is 4.42. The summed E-state index contributed by atoms with van der Waals surface area (Å²) in [4.78, 5) is 20.4. The Hall–Kier alpha value is -3.68. The first-order chi connectivity index (χ1) is 15.2. The second-order valence-corrected chi connectivity index (χ2v) is 7.68. The van der Waals surface area contributed by atoms with Crippen LogP contribution in [0.4, 0.5) is 10.2 Å². The van der Waals surface area contributed by atoms with E-state index in [1.165, 1.54) is 12.1 Å². The fourth-order valence-electron chi connectivity index (χ4n) is 3.84. The second kappa shape index (κ2) is 8.22. The van der Waals surface area contributed by atoms with Gasteiger partial charge in [-0.2, -0.15) is 4.98 Å². The van der Waals surface area contributed by atoms with Crippen molar-refractivity contribution in [3.8, 4) is 22.8 Å². The molecule has 1 fully saturated rings. The van der Waals surface area contributed by atoms with Gasteiger partial charge in [0.15, 0.2) is 5.82 Å². The Labute approximate surface area is 179 Å². The Kier molecular flexibility index (Phi) is 5.11. The van der Waals surface area contributed by atoms with E-state index in [-0.39, 0.29) is 11.7 Å². The third-order valence-electron chi connectivity index (χ3n) is 5.40. The van der Waals surface area contributed by atoms with E-state index in [0.717, 1.165) is 48.6 Å². The van der Waals surface area contributed by atoms with Crippen molar-refractivity contribution in [2.24, 2.45) is 0 Å². The molecule has 8 heteroatoms. The van der Waals surface area contributed by atoms with Gasteiger partial charge in [-0.05, 0) is 56.2 Å². The second-order valence-electron chi connectivity index (χ2n) is 7.68. The highest BCUT2D eigenvalue weighted by Crippen LogP contribution is 2.30. The minimum absolute atomic E-state index is 0.104. The number of anilines is 1. The molecule has 1 aliphatic rings. The van der Waals surface area contributed by atoms with E-state index >= 15 is 0 Å².